The second-order valence-corrected chi connectivity index (χ2v) is 6.47. The Hall–Kier alpha value is -1.87. The van der Waals surface area contributed by atoms with Gasteiger partial charge in [-0.1, -0.05) is 6.07 Å². The van der Waals surface area contributed by atoms with Crippen LogP contribution in [0, 0.1) is 0 Å². The van der Waals surface area contributed by atoms with Gasteiger partial charge in [-0.05, 0) is 30.5 Å². The molecule has 0 radical (unpaired) electrons. The molecule has 1 aromatic rings. The minimum absolute atomic E-state index is 0.000349. The average molecular weight is 383 g/mol. The molecule has 1 unspecified atom stereocenters. The second kappa shape index (κ2) is 8.88. The summed E-state index contributed by atoms with van der Waals surface area (Å²) >= 11 is 0. The van der Waals surface area contributed by atoms with Crippen molar-refractivity contribution in [2.45, 2.75) is 24.2 Å². The fraction of sp³-hybridized carbons (Fsp3) is 0.632. The zero-order valence-corrected chi connectivity index (χ0v) is 16.6. The van der Waals surface area contributed by atoms with Gasteiger partial charge in [-0.25, -0.2) is 0 Å². The number of aliphatic hydroxyl groups is 1. The van der Waals surface area contributed by atoms with Gasteiger partial charge in [-0.15, -0.1) is 0 Å². The number of amides is 1. The number of hydrogen-bond donors (Lipinski definition) is 1. The molecule has 1 saturated heterocycles. The fourth-order valence-electron chi connectivity index (χ4n) is 3.72. The van der Waals surface area contributed by atoms with E-state index in [4.69, 9.17) is 23.7 Å². The Morgan fingerprint density at radius 2 is 1.74 bits per heavy atom. The van der Waals surface area contributed by atoms with Gasteiger partial charge >= 0.3 is 11.9 Å². The molecule has 1 N–H and O–H groups in total. The fourth-order valence-corrected chi connectivity index (χ4v) is 3.72. The Morgan fingerprint density at radius 1 is 1.11 bits per heavy atom. The highest BCUT2D eigenvalue weighted by Crippen LogP contribution is 2.41. The van der Waals surface area contributed by atoms with Crippen LogP contribution in [0.5, 0.6) is 11.5 Å². The van der Waals surface area contributed by atoms with Gasteiger partial charge in [0.1, 0.15) is 0 Å². The van der Waals surface area contributed by atoms with Crippen LogP contribution < -0.4 is 9.47 Å². The van der Waals surface area contributed by atoms with Gasteiger partial charge in [0.2, 0.25) is 0 Å². The maximum absolute atomic E-state index is 13.0. The molecule has 8 nitrogen and oxygen atoms in total. The predicted octanol–water partition coefficient (Wildman–Crippen LogP) is 1.15. The largest absolute Gasteiger partial charge is 0.493 e. The van der Waals surface area contributed by atoms with E-state index in [-0.39, 0.29) is 6.61 Å². The smallest absolute Gasteiger partial charge is 0.367 e. The summed E-state index contributed by atoms with van der Waals surface area (Å²) in [5.74, 6) is -0.941. The van der Waals surface area contributed by atoms with Gasteiger partial charge in [-0.2, -0.15) is 0 Å². The van der Waals surface area contributed by atoms with Crippen molar-refractivity contribution in [1.29, 1.82) is 0 Å². The first-order chi connectivity index (χ1) is 13.0. The Balaban J connectivity index is 2.35. The molecule has 0 bridgehead atoms. The Labute approximate surface area is 159 Å². The third-order valence-corrected chi connectivity index (χ3v) is 5.30. The van der Waals surface area contributed by atoms with E-state index < -0.39 is 17.3 Å². The number of benzene rings is 1. The normalized spacial score (nSPS) is 20.0. The van der Waals surface area contributed by atoms with Crippen LogP contribution in [0.1, 0.15) is 18.4 Å². The quantitative estimate of drug-likeness (QED) is 0.640. The molecule has 8 heteroatoms. The Morgan fingerprint density at radius 3 is 2.26 bits per heavy atom. The van der Waals surface area contributed by atoms with Crippen LogP contribution in [0.3, 0.4) is 0 Å². The highest BCUT2D eigenvalue weighted by Gasteiger charge is 2.49. The van der Waals surface area contributed by atoms with Crippen molar-refractivity contribution in [1.82, 2.24) is 4.90 Å². The third-order valence-electron chi connectivity index (χ3n) is 5.30. The monoisotopic (exact) mass is 383 g/mol. The van der Waals surface area contributed by atoms with Crippen LogP contribution in [0.4, 0.5) is 0 Å². The predicted molar refractivity (Wildman–Crippen MR) is 97.9 cm³/mol. The number of likely N-dealkylation sites (tertiary alicyclic amines) is 1. The highest BCUT2D eigenvalue weighted by atomic mass is 16.9. The topological polar surface area (TPSA) is 86.7 Å². The number of nitrogens with zero attached hydrogens (tertiary/aromatic N) is 1. The van der Waals surface area contributed by atoms with Crippen LogP contribution in [0.25, 0.3) is 0 Å². The number of carbonyl (C=O) groups is 1. The Bertz CT molecular complexity index is 639. The zero-order valence-electron chi connectivity index (χ0n) is 16.6. The first-order valence-corrected chi connectivity index (χ1v) is 8.74. The standard InChI is InChI=1S/C19H29NO7/c1-23-15-7-6-14(12-16(15)24-2)18(9-11-21)8-10-20(13-18)17(22)19(25-3,26-4)27-5/h6-7,12,21H,8-11,13H2,1-5H3. The van der Waals surface area contributed by atoms with E-state index in [9.17, 15) is 9.90 Å². The molecule has 27 heavy (non-hydrogen) atoms. The summed E-state index contributed by atoms with van der Waals surface area (Å²) in [5, 5.41) is 9.67. The molecule has 2 rings (SSSR count). The van der Waals surface area contributed by atoms with Gasteiger partial charge in [0.25, 0.3) is 0 Å². The van der Waals surface area contributed by atoms with E-state index in [1.165, 1.54) is 21.3 Å². The van der Waals surface area contributed by atoms with E-state index in [0.717, 1.165) is 5.56 Å². The molecular weight excluding hydrogens is 354 g/mol. The summed E-state index contributed by atoms with van der Waals surface area (Å²) in [6, 6.07) is 5.68. The highest BCUT2D eigenvalue weighted by molar-refractivity contribution is 5.83. The lowest BCUT2D eigenvalue weighted by Gasteiger charge is -2.33. The van der Waals surface area contributed by atoms with Gasteiger partial charge in [-0.3, -0.25) is 4.79 Å². The van der Waals surface area contributed by atoms with E-state index >= 15 is 0 Å². The minimum Gasteiger partial charge on any atom is -0.493 e. The molecule has 1 heterocycles. The van der Waals surface area contributed by atoms with Crippen molar-refractivity contribution in [3.05, 3.63) is 23.8 Å². The molecule has 1 atom stereocenters. The zero-order chi connectivity index (χ0) is 20.1. The maximum atomic E-state index is 13.0. The van der Waals surface area contributed by atoms with E-state index in [2.05, 4.69) is 0 Å². The van der Waals surface area contributed by atoms with Crippen molar-refractivity contribution < 1.29 is 33.6 Å². The second-order valence-electron chi connectivity index (χ2n) is 6.47. The molecule has 0 spiro atoms. The van der Waals surface area contributed by atoms with Gasteiger partial charge in [0, 0.05) is 46.4 Å². The van der Waals surface area contributed by atoms with Crippen molar-refractivity contribution in [2.75, 3.05) is 55.2 Å². The molecule has 1 aliphatic rings. The molecule has 1 amide bonds. The van der Waals surface area contributed by atoms with Crippen LogP contribution in [0.2, 0.25) is 0 Å². The number of rotatable bonds is 9. The SMILES string of the molecule is COc1ccc(C2(CCO)CCN(C(=O)C(OC)(OC)OC)C2)cc1OC. The van der Waals surface area contributed by atoms with Crippen LogP contribution >= 0.6 is 0 Å². The summed E-state index contributed by atoms with van der Waals surface area (Å²) in [7, 11) is 7.23. The van der Waals surface area contributed by atoms with E-state index in [1.807, 2.05) is 18.2 Å². The van der Waals surface area contributed by atoms with Crippen molar-refractivity contribution in [2.24, 2.45) is 0 Å². The maximum Gasteiger partial charge on any atom is 0.367 e. The number of hydrogen-bond acceptors (Lipinski definition) is 7. The first kappa shape index (κ1) is 21.4. The molecule has 152 valence electrons. The lowest BCUT2D eigenvalue weighted by atomic mass is 9.77. The molecule has 1 aliphatic heterocycles. The average Bonchev–Trinajstić information content (AvgIpc) is 3.14. The number of carbonyl (C=O) groups excluding carboxylic acids is 1. The molecular formula is C19H29NO7. The molecule has 0 aromatic heterocycles. The summed E-state index contributed by atoms with van der Waals surface area (Å²) in [6.45, 7) is 0.894. The summed E-state index contributed by atoms with van der Waals surface area (Å²) in [5.41, 5.74) is 0.563. The lowest BCUT2D eigenvalue weighted by Crippen LogP contribution is -2.53. The Kier molecular flexibility index (Phi) is 7.05. The lowest BCUT2D eigenvalue weighted by molar-refractivity contribution is -0.331. The number of aliphatic hydroxyl groups excluding tert-OH is 1. The third kappa shape index (κ3) is 3.89. The van der Waals surface area contributed by atoms with E-state index in [0.29, 0.717) is 37.4 Å². The van der Waals surface area contributed by atoms with Crippen molar-refractivity contribution >= 4 is 5.91 Å². The van der Waals surface area contributed by atoms with Gasteiger partial charge in [0.05, 0.1) is 14.2 Å². The molecule has 1 fully saturated rings. The molecule has 0 saturated carbocycles. The molecule has 0 aliphatic carbocycles. The number of methoxy groups -OCH3 is 5. The van der Waals surface area contributed by atoms with E-state index in [1.54, 1.807) is 19.1 Å². The summed E-state index contributed by atoms with van der Waals surface area (Å²) < 4.78 is 26.3. The van der Waals surface area contributed by atoms with Crippen molar-refractivity contribution in [3.8, 4) is 11.5 Å². The summed E-state index contributed by atoms with van der Waals surface area (Å²) in [6.07, 6.45) is 1.19. The summed E-state index contributed by atoms with van der Waals surface area (Å²) in [4.78, 5) is 14.6. The molecule has 1 aromatic carbocycles. The van der Waals surface area contributed by atoms with Crippen LogP contribution in [0.15, 0.2) is 18.2 Å². The minimum atomic E-state index is -1.77. The number of ether oxygens (including phenoxy) is 5. The van der Waals surface area contributed by atoms with Crippen molar-refractivity contribution in [3.63, 3.8) is 0 Å². The van der Waals surface area contributed by atoms with Gasteiger partial charge < -0.3 is 33.7 Å². The first-order valence-electron chi connectivity index (χ1n) is 8.74. The van der Waals surface area contributed by atoms with Crippen LogP contribution in [-0.2, 0) is 24.4 Å². The van der Waals surface area contributed by atoms with Gasteiger partial charge in [0.15, 0.2) is 11.5 Å². The van der Waals surface area contributed by atoms with Crippen LogP contribution in [-0.4, -0.2) is 77.1 Å².